The van der Waals surface area contributed by atoms with E-state index in [-0.39, 0.29) is 5.91 Å². The van der Waals surface area contributed by atoms with Crippen molar-refractivity contribution < 1.29 is 4.79 Å². The van der Waals surface area contributed by atoms with Gasteiger partial charge in [-0.05, 0) is 12.3 Å². The van der Waals surface area contributed by atoms with Gasteiger partial charge in [0.15, 0.2) is 0 Å². The first-order chi connectivity index (χ1) is 6.74. The zero-order valence-corrected chi connectivity index (χ0v) is 9.51. The lowest BCUT2D eigenvalue weighted by atomic mass is 9.99. The van der Waals surface area contributed by atoms with Gasteiger partial charge in [-0.25, -0.2) is 0 Å². The summed E-state index contributed by atoms with van der Waals surface area (Å²) in [5, 5.41) is 2.92. The highest BCUT2D eigenvalue weighted by molar-refractivity contribution is 5.75. The van der Waals surface area contributed by atoms with Crippen molar-refractivity contribution in [3.63, 3.8) is 0 Å². The number of rotatable bonds is 8. The third-order valence-corrected chi connectivity index (χ3v) is 2.50. The number of nitrogens with one attached hydrogen (secondary N) is 1. The predicted molar refractivity (Wildman–Crippen MR) is 60.0 cm³/mol. The fraction of sp³-hybridized carbons (Fsp3) is 0.909. The molecular weight excluding hydrogens is 176 g/mol. The third kappa shape index (κ3) is 6.89. The van der Waals surface area contributed by atoms with Gasteiger partial charge >= 0.3 is 0 Å². The van der Waals surface area contributed by atoms with Crippen LogP contribution in [0.25, 0.3) is 0 Å². The van der Waals surface area contributed by atoms with E-state index in [2.05, 4.69) is 19.2 Å². The Bertz CT molecular complexity index is 148. The summed E-state index contributed by atoms with van der Waals surface area (Å²) in [5.74, 6) is 0.721. The van der Waals surface area contributed by atoms with Crippen molar-refractivity contribution >= 4 is 5.91 Å². The van der Waals surface area contributed by atoms with Crippen LogP contribution in [0, 0.1) is 5.92 Å². The first-order valence-corrected chi connectivity index (χ1v) is 5.71. The molecule has 1 atom stereocenters. The molecule has 0 bridgehead atoms. The maximum Gasteiger partial charge on any atom is 0.221 e. The Labute approximate surface area is 87.4 Å². The largest absolute Gasteiger partial charge is 0.356 e. The Kier molecular flexibility index (Phi) is 8.64. The SMILES string of the molecule is CCCCC(CC)CNC(=O)CCN. The van der Waals surface area contributed by atoms with E-state index < -0.39 is 0 Å². The lowest BCUT2D eigenvalue weighted by Crippen LogP contribution is -2.30. The highest BCUT2D eigenvalue weighted by Crippen LogP contribution is 2.10. The van der Waals surface area contributed by atoms with Crippen LogP contribution < -0.4 is 11.1 Å². The van der Waals surface area contributed by atoms with E-state index in [1.54, 1.807) is 0 Å². The normalized spacial score (nSPS) is 12.5. The van der Waals surface area contributed by atoms with Crippen LogP contribution in [-0.2, 0) is 4.79 Å². The molecule has 3 N–H and O–H groups in total. The monoisotopic (exact) mass is 200 g/mol. The van der Waals surface area contributed by atoms with Crippen LogP contribution in [0.5, 0.6) is 0 Å². The highest BCUT2D eigenvalue weighted by Gasteiger charge is 2.07. The zero-order chi connectivity index (χ0) is 10.8. The first kappa shape index (κ1) is 13.4. The van der Waals surface area contributed by atoms with Gasteiger partial charge in [0.2, 0.25) is 5.91 Å². The average Bonchev–Trinajstić information content (AvgIpc) is 2.19. The lowest BCUT2D eigenvalue weighted by molar-refractivity contribution is -0.121. The van der Waals surface area contributed by atoms with Crippen LogP contribution in [-0.4, -0.2) is 19.0 Å². The van der Waals surface area contributed by atoms with Gasteiger partial charge in [-0.15, -0.1) is 0 Å². The fourth-order valence-corrected chi connectivity index (χ4v) is 1.42. The standard InChI is InChI=1S/C11H24N2O/c1-3-5-6-10(4-2)9-13-11(14)7-8-12/h10H,3-9,12H2,1-2H3,(H,13,14). The molecule has 0 saturated carbocycles. The Hall–Kier alpha value is -0.570. The summed E-state index contributed by atoms with van der Waals surface area (Å²) < 4.78 is 0. The molecule has 3 heteroatoms. The second-order valence-electron chi connectivity index (χ2n) is 3.76. The van der Waals surface area contributed by atoms with Crippen LogP contribution in [0.3, 0.4) is 0 Å². The molecule has 14 heavy (non-hydrogen) atoms. The van der Waals surface area contributed by atoms with E-state index in [1.165, 1.54) is 19.3 Å². The summed E-state index contributed by atoms with van der Waals surface area (Å²) in [7, 11) is 0. The van der Waals surface area contributed by atoms with Crippen LogP contribution in [0.1, 0.15) is 46.0 Å². The van der Waals surface area contributed by atoms with E-state index in [9.17, 15) is 4.79 Å². The van der Waals surface area contributed by atoms with Crippen LogP contribution >= 0.6 is 0 Å². The van der Waals surface area contributed by atoms with Gasteiger partial charge in [0, 0.05) is 19.5 Å². The molecule has 0 saturated heterocycles. The minimum absolute atomic E-state index is 0.0856. The quantitative estimate of drug-likeness (QED) is 0.626. The molecular formula is C11H24N2O. The van der Waals surface area contributed by atoms with E-state index in [0.717, 1.165) is 13.0 Å². The molecule has 0 aliphatic heterocycles. The van der Waals surface area contributed by atoms with Crippen molar-refractivity contribution in [2.45, 2.75) is 46.0 Å². The van der Waals surface area contributed by atoms with Crippen LogP contribution in [0.2, 0.25) is 0 Å². The van der Waals surface area contributed by atoms with Crippen molar-refractivity contribution in [1.82, 2.24) is 5.32 Å². The summed E-state index contributed by atoms with van der Waals surface area (Å²) in [5.41, 5.74) is 5.29. The van der Waals surface area contributed by atoms with E-state index in [4.69, 9.17) is 5.73 Å². The molecule has 1 unspecified atom stereocenters. The summed E-state index contributed by atoms with van der Waals surface area (Å²) in [6, 6.07) is 0. The molecule has 0 aromatic carbocycles. The van der Waals surface area contributed by atoms with E-state index >= 15 is 0 Å². The van der Waals surface area contributed by atoms with Crippen molar-refractivity contribution in [2.75, 3.05) is 13.1 Å². The topological polar surface area (TPSA) is 55.1 Å². The highest BCUT2D eigenvalue weighted by atomic mass is 16.1. The molecule has 0 heterocycles. The number of carbonyl (C=O) groups excluding carboxylic acids is 1. The Morgan fingerprint density at radius 1 is 1.43 bits per heavy atom. The molecule has 0 aromatic heterocycles. The second kappa shape index (κ2) is 9.00. The number of nitrogens with two attached hydrogens (primary N) is 1. The van der Waals surface area contributed by atoms with Gasteiger partial charge < -0.3 is 11.1 Å². The van der Waals surface area contributed by atoms with E-state index in [1.807, 2.05) is 0 Å². The Morgan fingerprint density at radius 2 is 2.14 bits per heavy atom. The molecule has 0 fully saturated rings. The molecule has 0 aliphatic rings. The Morgan fingerprint density at radius 3 is 2.64 bits per heavy atom. The van der Waals surface area contributed by atoms with Gasteiger partial charge in [-0.3, -0.25) is 4.79 Å². The summed E-state index contributed by atoms with van der Waals surface area (Å²) in [6.07, 6.45) is 5.29. The molecule has 0 radical (unpaired) electrons. The minimum Gasteiger partial charge on any atom is -0.356 e. The van der Waals surface area contributed by atoms with Gasteiger partial charge in [0.1, 0.15) is 0 Å². The second-order valence-corrected chi connectivity index (χ2v) is 3.76. The smallest absolute Gasteiger partial charge is 0.221 e. The maximum absolute atomic E-state index is 11.1. The number of unbranched alkanes of at least 4 members (excludes halogenated alkanes) is 1. The van der Waals surface area contributed by atoms with Crippen molar-refractivity contribution in [2.24, 2.45) is 11.7 Å². The lowest BCUT2D eigenvalue weighted by Gasteiger charge is -2.14. The van der Waals surface area contributed by atoms with Crippen molar-refractivity contribution in [3.8, 4) is 0 Å². The molecule has 0 aromatic rings. The fourth-order valence-electron chi connectivity index (χ4n) is 1.42. The molecule has 1 amide bonds. The van der Waals surface area contributed by atoms with Crippen molar-refractivity contribution in [1.29, 1.82) is 0 Å². The molecule has 0 spiro atoms. The Balaban J connectivity index is 3.55. The number of hydrogen-bond donors (Lipinski definition) is 2. The summed E-state index contributed by atoms with van der Waals surface area (Å²) in [6.45, 7) is 5.63. The van der Waals surface area contributed by atoms with Crippen LogP contribution in [0.15, 0.2) is 0 Å². The number of hydrogen-bond acceptors (Lipinski definition) is 2. The molecule has 0 rings (SSSR count). The number of carbonyl (C=O) groups is 1. The summed E-state index contributed by atoms with van der Waals surface area (Å²) in [4.78, 5) is 11.1. The molecule has 0 aliphatic carbocycles. The zero-order valence-electron chi connectivity index (χ0n) is 9.51. The van der Waals surface area contributed by atoms with Gasteiger partial charge in [0.25, 0.3) is 0 Å². The minimum atomic E-state index is 0.0856. The summed E-state index contributed by atoms with van der Waals surface area (Å²) >= 11 is 0. The maximum atomic E-state index is 11.1. The van der Waals surface area contributed by atoms with Crippen molar-refractivity contribution in [3.05, 3.63) is 0 Å². The van der Waals surface area contributed by atoms with Gasteiger partial charge in [-0.1, -0.05) is 33.1 Å². The van der Waals surface area contributed by atoms with Crippen LogP contribution in [0.4, 0.5) is 0 Å². The van der Waals surface area contributed by atoms with Gasteiger partial charge in [0.05, 0.1) is 0 Å². The predicted octanol–water partition coefficient (Wildman–Crippen LogP) is 1.67. The first-order valence-electron chi connectivity index (χ1n) is 5.71. The van der Waals surface area contributed by atoms with E-state index in [0.29, 0.717) is 18.9 Å². The van der Waals surface area contributed by atoms with Gasteiger partial charge in [-0.2, -0.15) is 0 Å². The number of amides is 1. The molecule has 3 nitrogen and oxygen atoms in total. The third-order valence-electron chi connectivity index (χ3n) is 2.50. The molecule has 84 valence electrons. The average molecular weight is 200 g/mol.